The third kappa shape index (κ3) is 3.71. The number of nitrogens with zero attached hydrogens (tertiary/aromatic N) is 1. The maximum absolute atomic E-state index is 10.3. The molecule has 1 atom stereocenters. The van der Waals surface area contributed by atoms with Crippen molar-refractivity contribution in [3.8, 4) is 0 Å². The molecule has 0 amide bonds. The van der Waals surface area contributed by atoms with Crippen molar-refractivity contribution in [2.24, 2.45) is 5.41 Å². The lowest BCUT2D eigenvalue weighted by Gasteiger charge is -2.54. The minimum atomic E-state index is -0.683. The number of rotatable bonds is 4. The Morgan fingerprint density at radius 3 is 2.00 bits per heavy atom. The monoisotopic (exact) mass is 271 g/mol. The van der Waals surface area contributed by atoms with Crippen LogP contribution in [-0.2, 0) is 4.74 Å². The third-order valence-electron chi connectivity index (χ3n) is 5.17. The molecule has 3 nitrogen and oxygen atoms in total. The Morgan fingerprint density at radius 2 is 1.63 bits per heavy atom. The predicted octanol–water partition coefficient (Wildman–Crippen LogP) is 3.41. The fraction of sp³-hybridized carbons (Fsp3) is 1.00. The van der Waals surface area contributed by atoms with Crippen molar-refractivity contribution in [1.82, 2.24) is 4.90 Å². The zero-order chi connectivity index (χ0) is 15.1. The van der Waals surface area contributed by atoms with E-state index in [0.29, 0.717) is 0 Å². The number of piperidine rings is 1. The molecular weight excluding hydrogens is 238 g/mol. The molecule has 1 aliphatic heterocycles. The molecule has 0 aromatic heterocycles. The van der Waals surface area contributed by atoms with Crippen LogP contribution in [0.4, 0.5) is 0 Å². The predicted molar refractivity (Wildman–Crippen MR) is 80.1 cm³/mol. The maximum atomic E-state index is 10.3. The summed E-state index contributed by atoms with van der Waals surface area (Å²) in [6, 6.07) is 0. The van der Waals surface area contributed by atoms with E-state index in [1.807, 2.05) is 0 Å². The Kier molecular flexibility index (Phi) is 4.76. The fourth-order valence-corrected chi connectivity index (χ4v) is 2.92. The highest BCUT2D eigenvalue weighted by Gasteiger charge is 2.44. The lowest BCUT2D eigenvalue weighted by atomic mass is 9.78. The molecule has 0 saturated carbocycles. The first-order valence-electron chi connectivity index (χ1n) is 7.50. The summed E-state index contributed by atoms with van der Waals surface area (Å²) in [5.74, 6) is 0. The van der Waals surface area contributed by atoms with E-state index in [1.54, 1.807) is 0 Å². The van der Waals surface area contributed by atoms with Gasteiger partial charge in [0.2, 0.25) is 0 Å². The van der Waals surface area contributed by atoms with Crippen LogP contribution >= 0.6 is 0 Å². The molecule has 0 aromatic carbocycles. The molecule has 0 bridgehead atoms. The van der Waals surface area contributed by atoms with Gasteiger partial charge in [-0.1, -0.05) is 20.8 Å². The zero-order valence-corrected chi connectivity index (χ0v) is 14.1. The molecule has 1 rings (SSSR count). The smallest absolute Gasteiger partial charge is 0.159 e. The summed E-state index contributed by atoms with van der Waals surface area (Å²) >= 11 is 0. The molecule has 114 valence electrons. The first kappa shape index (κ1) is 16.9. The van der Waals surface area contributed by atoms with Crippen molar-refractivity contribution in [3.63, 3.8) is 0 Å². The topological polar surface area (TPSA) is 32.7 Å². The van der Waals surface area contributed by atoms with Crippen molar-refractivity contribution < 1.29 is 9.84 Å². The SMILES string of the molecule is CCC(C)(C)C(O)OC1CC(C)(C)N(C)C(C)(C)C1. The van der Waals surface area contributed by atoms with Gasteiger partial charge in [-0.05, 0) is 54.0 Å². The Morgan fingerprint density at radius 1 is 1.21 bits per heavy atom. The summed E-state index contributed by atoms with van der Waals surface area (Å²) in [6.45, 7) is 15.2. The van der Waals surface area contributed by atoms with E-state index < -0.39 is 6.29 Å². The lowest BCUT2D eigenvalue weighted by Crippen LogP contribution is -2.60. The number of likely N-dealkylation sites (tertiary alicyclic amines) is 1. The van der Waals surface area contributed by atoms with E-state index >= 15 is 0 Å². The quantitative estimate of drug-likeness (QED) is 0.795. The van der Waals surface area contributed by atoms with Gasteiger partial charge in [0.05, 0.1) is 6.10 Å². The van der Waals surface area contributed by atoms with Crippen LogP contribution in [0.1, 0.15) is 67.7 Å². The molecule has 1 heterocycles. The number of hydrogen-bond acceptors (Lipinski definition) is 3. The van der Waals surface area contributed by atoms with E-state index in [1.165, 1.54) is 0 Å². The Balaban J connectivity index is 2.76. The van der Waals surface area contributed by atoms with Gasteiger partial charge in [0.25, 0.3) is 0 Å². The first-order chi connectivity index (χ1) is 8.42. The molecule has 1 saturated heterocycles. The maximum Gasteiger partial charge on any atom is 0.159 e. The summed E-state index contributed by atoms with van der Waals surface area (Å²) in [4.78, 5) is 2.43. The Bertz CT molecular complexity index is 292. The van der Waals surface area contributed by atoms with Crippen molar-refractivity contribution in [1.29, 1.82) is 0 Å². The zero-order valence-electron chi connectivity index (χ0n) is 14.1. The van der Waals surface area contributed by atoms with Crippen LogP contribution in [0.25, 0.3) is 0 Å². The van der Waals surface area contributed by atoms with Gasteiger partial charge in [0.1, 0.15) is 0 Å². The summed E-state index contributed by atoms with van der Waals surface area (Å²) in [5, 5.41) is 10.3. The minimum absolute atomic E-state index is 0.0997. The highest BCUT2D eigenvalue weighted by atomic mass is 16.6. The molecule has 0 spiro atoms. The molecule has 1 aliphatic rings. The van der Waals surface area contributed by atoms with Crippen molar-refractivity contribution >= 4 is 0 Å². The lowest BCUT2D eigenvalue weighted by molar-refractivity contribution is -0.218. The largest absolute Gasteiger partial charge is 0.367 e. The molecule has 1 fully saturated rings. The van der Waals surface area contributed by atoms with Crippen LogP contribution < -0.4 is 0 Å². The second-order valence-corrected chi connectivity index (χ2v) is 8.04. The molecular formula is C16H33NO2. The van der Waals surface area contributed by atoms with E-state index in [0.717, 1.165) is 19.3 Å². The second-order valence-electron chi connectivity index (χ2n) is 8.04. The van der Waals surface area contributed by atoms with E-state index in [4.69, 9.17) is 4.74 Å². The molecule has 1 unspecified atom stereocenters. The molecule has 3 heteroatoms. The van der Waals surface area contributed by atoms with E-state index in [2.05, 4.69) is 60.4 Å². The molecule has 19 heavy (non-hydrogen) atoms. The van der Waals surface area contributed by atoms with Crippen LogP contribution in [0.2, 0.25) is 0 Å². The highest BCUT2D eigenvalue weighted by Crippen LogP contribution is 2.39. The van der Waals surface area contributed by atoms with Crippen LogP contribution in [0, 0.1) is 5.41 Å². The van der Waals surface area contributed by atoms with Crippen LogP contribution in [0.15, 0.2) is 0 Å². The standard InChI is InChI=1S/C16H33NO2/c1-9-14(2,3)13(18)19-12-10-15(4,5)17(8)16(6,7)11-12/h12-13,18H,9-11H2,1-8H3. The van der Waals surface area contributed by atoms with Gasteiger partial charge in [0, 0.05) is 16.5 Å². The number of hydrogen-bond donors (Lipinski definition) is 1. The van der Waals surface area contributed by atoms with Crippen LogP contribution in [0.5, 0.6) is 0 Å². The molecule has 1 N–H and O–H groups in total. The Labute approximate surface area is 119 Å². The van der Waals surface area contributed by atoms with Crippen LogP contribution in [-0.4, -0.2) is 40.5 Å². The van der Waals surface area contributed by atoms with Crippen molar-refractivity contribution in [3.05, 3.63) is 0 Å². The highest BCUT2D eigenvalue weighted by molar-refractivity contribution is 4.99. The summed E-state index contributed by atoms with van der Waals surface area (Å²) < 4.78 is 6.00. The minimum Gasteiger partial charge on any atom is -0.367 e. The fourth-order valence-electron chi connectivity index (χ4n) is 2.92. The molecule has 0 radical (unpaired) electrons. The summed E-state index contributed by atoms with van der Waals surface area (Å²) in [7, 11) is 2.18. The van der Waals surface area contributed by atoms with Gasteiger partial charge in [-0.2, -0.15) is 0 Å². The van der Waals surface area contributed by atoms with E-state index in [-0.39, 0.29) is 22.6 Å². The average molecular weight is 271 g/mol. The normalized spacial score (nSPS) is 26.4. The summed E-state index contributed by atoms with van der Waals surface area (Å²) in [5.41, 5.74) is 0.0165. The number of aliphatic hydroxyl groups excluding tert-OH is 1. The van der Waals surface area contributed by atoms with Gasteiger partial charge < -0.3 is 9.84 Å². The van der Waals surface area contributed by atoms with Crippen LogP contribution in [0.3, 0.4) is 0 Å². The number of aliphatic hydroxyl groups is 1. The third-order valence-corrected chi connectivity index (χ3v) is 5.17. The van der Waals surface area contributed by atoms with Gasteiger partial charge in [-0.15, -0.1) is 0 Å². The molecule has 0 aliphatic carbocycles. The van der Waals surface area contributed by atoms with Gasteiger partial charge in [-0.3, -0.25) is 4.90 Å². The first-order valence-corrected chi connectivity index (χ1v) is 7.50. The second kappa shape index (κ2) is 5.34. The number of ether oxygens (including phenoxy) is 1. The van der Waals surface area contributed by atoms with Gasteiger partial charge >= 0.3 is 0 Å². The Hall–Kier alpha value is -0.120. The molecule has 0 aromatic rings. The average Bonchev–Trinajstić information content (AvgIpc) is 2.24. The summed E-state index contributed by atoms with van der Waals surface area (Å²) in [6.07, 6.45) is 2.28. The van der Waals surface area contributed by atoms with E-state index in [9.17, 15) is 5.11 Å². The van der Waals surface area contributed by atoms with Crippen molar-refractivity contribution in [2.75, 3.05) is 7.05 Å². The van der Waals surface area contributed by atoms with Crippen molar-refractivity contribution in [2.45, 2.75) is 91.2 Å². The van der Waals surface area contributed by atoms with Gasteiger partial charge in [-0.25, -0.2) is 0 Å². The van der Waals surface area contributed by atoms with Gasteiger partial charge in [0.15, 0.2) is 6.29 Å².